The van der Waals surface area contributed by atoms with Crippen LogP contribution >= 0.6 is 0 Å². The second kappa shape index (κ2) is 8.66. The zero-order valence-corrected chi connectivity index (χ0v) is 16.4. The number of carbonyl (C=O) groups is 1. The molecule has 0 aromatic heterocycles. The lowest BCUT2D eigenvalue weighted by Gasteiger charge is -2.50. The van der Waals surface area contributed by atoms with E-state index in [9.17, 15) is 4.79 Å². The number of likely N-dealkylation sites (tertiary alicyclic amines) is 1. The summed E-state index contributed by atoms with van der Waals surface area (Å²) in [7, 11) is 0. The lowest BCUT2D eigenvalue weighted by Crippen LogP contribution is -2.52. The molecule has 2 unspecified atom stereocenters. The van der Waals surface area contributed by atoms with Crippen LogP contribution in [0.4, 0.5) is 0 Å². The summed E-state index contributed by atoms with van der Waals surface area (Å²) in [6.45, 7) is 13.0. The third kappa shape index (κ3) is 4.95. The summed E-state index contributed by atoms with van der Waals surface area (Å²) in [6.07, 6.45) is 8.80. The Kier molecular flexibility index (Phi) is 7.11. The van der Waals surface area contributed by atoms with E-state index in [0.29, 0.717) is 23.9 Å². The van der Waals surface area contributed by atoms with Crippen molar-refractivity contribution >= 4 is 6.41 Å². The summed E-state index contributed by atoms with van der Waals surface area (Å²) in [6, 6.07) is 0.850. The van der Waals surface area contributed by atoms with E-state index in [1.54, 1.807) is 0 Å². The van der Waals surface area contributed by atoms with E-state index in [-0.39, 0.29) is 11.6 Å². The molecule has 2 heterocycles. The lowest BCUT2D eigenvalue weighted by molar-refractivity contribution is -0.127. The molecular weight excluding hydrogens is 300 g/mol. The number of piperidine rings is 1. The molecule has 0 spiro atoms. The van der Waals surface area contributed by atoms with E-state index >= 15 is 0 Å². The van der Waals surface area contributed by atoms with Gasteiger partial charge in [-0.3, -0.25) is 10.1 Å². The zero-order chi connectivity index (χ0) is 17.7. The Morgan fingerprint density at radius 2 is 2.08 bits per heavy atom. The zero-order valence-electron chi connectivity index (χ0n) is 16.4. The molecule has 2 aliphatic rings. The van der Waals surface area contributed by atoms with Crippen LogP contribution < -0.4 is 5.32 Å². The van der Waals surface area contributed by atoms with Crippen LogP contribution in [0.25, 0.3) is 0 Å². The van der Waals surface area contributed by atoms with E-state index < -0.39 is 0 Å². The minimum absolute atomic E-state index is 0.190. The van der Waals surface area contributed by atoms with Gasteiger partial charge in [-0.2, -0.15) is 0 Å². The average Bonchev–Trinajstić information content (AvgIpc) is 2.93. The number of ether oxygens (including phenoxy) is 1. The molecular formula is C20H38N2O2. The normalized spacial score (nSPS) is 34.3. The van der Waals surface area contributed by atoms with Gasteiger partial charge < -0.3 is 9.64 Å². The van der Waals surface area contributed by atoms with E-state index in [2.05, 4.69) is 39.9 Å². The molecule has 0 bridgehead atoms. The SMILES string of the molecule is CCCCCC(C[C@@H]1CO[C@@H](C)N1)[C@@H]1CC(C)N(C=O)CC1(C)C. The van der Waals surface area contributed by atoms with E-state index in [4.69, 9.17) is 4.74 Å². The molecule has 2 rings (SSSR count). The second-order valence-electron chi connectivity index (χ2n) is 8.79. The molecule has 0 aliphatic carbocycles. The second-order valence-corrected chi connectivity index (χ2v) is 8.79. The number of nitrogens with zero attached hydrogens (tertiary/aromatic N) is 1. The maximum absolute atomic E-state index is 11.4. The summed E-state index contributed by atoms with van der Waals surface area (Å²) in [5.74, 6) is 1.40. The average molecular weight is 339 g/mol. The fourth-order valence-corrected chi connectivity index (χ4v) is 4.87. The van der Waals surface area contributed by atoms with Gasteiger partial charge in [0.2, 0.25) is 6.41 Å². The summed E-state index contributed by atoms with van der Waals surface area (Å²) in [5, 5.41) is 3.58. The molecule has 2 fully saturated rings. The Morgan fingerprint density at radius 1 is 1.33 bits per heavy atom. The summed E-state index contributed by atoms with van der Waals surface area (Å²) < 4.78 is 5.72. The summed E-state index contributed by atoms with van der Waals surface area (Å²) in [5.41, 5.74) is 0.190. The van der Waals surface area contributed by atoms with Gasteiger partial charge in [-0.05, 0) is 43.9 Å². The highest BCUT2D eigenvalue weighted by atomic mass is 16.5. The molecule has 2 saturated heterocycles. The van der Waals surface area contributed by atoms with Crippen molar-refractivity contribution in [2.75, 3.05) is 13.2 Å². The molecule has 1 N–H and O–H groups in total. The van der Waals surface area contributed by atoms with Crippen molar-refractivity contribution in [2.24, 2.45) is 17.3 Å². The number of nitrogens with one attached hydrogen (secondary N) is 1. The van der Waals surface area contributed by atoms with Gasteiger partial charge in [-0.25, -0.2) is 0 Å². The largest absolute Gasteiger partial charge is 0.362 e. The van der Waals surface area contributed by atoms with Gasteiger partial charge >= 0.3 is 0 Å². The van der Waals surface area contributed by atoms with Crippen LogP contribution in [0.5, 0.6) is 0 Å². The fraction of sp³-hybridized carbons (Fsp3) is 0.950. The minimum Gasteiger partial charge on any atom is -0.362 e. The van der Waals surface area contributed by atoms with Crippen molar-refractivity contribution in [3.8, 4) is 0 Å². The first-order valence-electron chi connectivity index (χ1n) is 9.96. The summed E-state index contributed by atoms with van der Waals surface area (Å²) >= 11 is 0. The van der Waals surface area contributed by atoms with Crippen LogP contribution in [-0.2, 0) is 9.53 Å². The predicted molar refractivity (Wildman–Crippen MR) is 98.7 cm³/mol. The molecule has 0 radical (unpaired) electrons. The molecule has 1 amide bonds. The van der Waals surface area contributed by atoms with E-state index in [0.717, 1.165) is 26.0 Å². The third-order valence-electron chi connectivity index (χ3n) is 6.24. The van der Waals surface area contributed by atoms with Gasteiger partial charge in [0.25, 0.3) is 0 Å². The molecule has 140 valence electrons. The Morgan fingerprint density at radius 3 is 2.67 bits per heavy atom. The molecule has 4 heteroatoms. The summed E-state index contributed by atoms with van der Waals surface area (Å²) in [4.78, 5) is 13.4. The van der Waals surface area contributed by atoms with Crippen LogP contribution in [-0.4, -0.2) is 42.8 Å². The molecule has 0 aromatic rings. The van der Waals surface area contributed by atoms with Crippen LogP contribution in [0.2, 0.25) is 0 Å². The minimum atomic E-state index is 0.190. The monoisotopic (exact) mass is 338 g/mol. The van der Waals surface area contributed by atoms with Crippen molar-refractivity contribution < 1.29 is 9.53 Å². The molecule has 0 aromatic carbocycles. The van der Waals surface area contributed by atoms with Gasteiger partial charge in [0, 0.05) is 18.6 Å². The van der Waals surface area contributed by atoms with Gasteiger partial charge in [0.15, 0.2) is 0 Å². The van der Waals surface area contributed by atoms with Crippen molar-refractivity contribution in [2.45, 2.75) is 91.5 Å². The first-order valence-corrected chi connectivity index (χ1v) is 9.96. The highest BCUT2D eigenvalue weighted by Crippen LogP contribution is 2.45. The maximum atomic E-state index is 11.4. The predicted octanol–water partition coefficient (Wildman–Crippen LogP) is 3.80. The molecule has 2 aliphatic heterocycles. The number of hydrogen-bond donors (Lipinski definition) is 1. The molecule has 4 nitrogen and oxygen atoms in total. The Balaban J connectivity index is 2.07. The van der Waals surface area contributed by atoms with Crippen LogP contribution in [0, 0.1) is 17.3 Å². The van der Waals surface area contributed by atoms with Crippen molar-refractivity contribution in [1.29, 1.82) is 0 Å². The molecule has 24 heavy (non-hydrogen) atoms. The Labute approximate surface area is 148 Å². The highest BCUT2D eigenvalue weighted by Gasteiger charge is 2.43. The van der Waals surface area contributed by atoms with Crippen LogP contribution in [0.3, 0.4) is 0 Å². The number of amides is 1. The van der Waals surface area contributed by atoms with Crippen LogP contribution in [0.1, 0.15) is 73.1 Å². The van der Waals surface area contributed by atoms with E-state index in [1.165, 1.54) is 32.1 Å². The standard InChI is InChI=1S/C20H38N2O2/c1-6-7-8-9-17(11-18-12-24-16(3)21-18)19-10-15(2)22(14-23)13-20(19,4)5/h14-19,21H,6-13H2,1-5H3/t15?,16-,17?,18+,19-/m0/s1. The van der Waals surface area contributed by atoms with Crippen molar-refractivity contribution in [3.05, 3.63) is 0 Å². The number of hydrogen-bond acceptors (Lipinski definition) is 3. The van der Waals surface area contributed by atoms with Crippen molar-refractivity contribution in [1.82, 2.24) is 10.2 Å². The third-order valence-corrected chi connectivity index (χ3v) is 6.24. The van der Waals surface area contributed by atoms with Crippen LogP contribution in [0.15, 0.2) is 0 Å². The Hall–Kier alpha value is -0.610. The number of unbranched alkanes of at least 4 members (excludes halogenated alkanes) is 2. The van der Waals surface area contributed by atoms with Gasteiger partial charge in [0.1, 0.15) is 6.23 Å². The number of rotatable bonds is 8. The topological polar surface area (TPSA) is 41.6 Å². The van der Waals surface area contributed by atoms with Crippen molar-refractivity contribution in [3.63, 3.8) is 0 Å². The lowest BCUT2D eigenvalue weighted by atomic mass is 9.64. The molecule has 0 saturated carbocycles. The van der Waals surface area contributed by atoms with E-state index in [1.807, 2.05) is 4.90 Å². The van der Waals surface area contributed by atoms with Gasteiger partial charge in [-0.1, -0.05) is 46.5 Å². The first kappa shape index (κ1) is 19.7. The fourth-order valence-electron chi connectivity index (χ4n) is 4.87. The Bertz CT molecular complexity index is 399. The van der Waals surface area contributed by atoms with Gasteiger partial charge in [0.05, 0.1) is 6.61 Å². The first-order chi connectivity index (χ1) is 11.4. The van der Waals surface area contributed by atoms with Gasteiger partial charge in [-0.15, -0.1) is 0 Å². The molecule has 5 atom stereocenters. The highest BCUT2D eigenvalue weighted by molar-refractivity contribution is 5.48. The number of carbonyl (C=O) groups excluding carboxylic acids is 1. The smallest absolute Gasteiger partial charge is 0.209 e. The maximum Gasteiger partial charge on any atom is 0.209 e. The quantitative estimate of drug-likeness (QED) is 0.541.